The van der Waals surface area contributed by atoms with Gasteiger partial charge in [-0.1, -0.05) is 5.16 Å². The van der Waals surface area contributed by atoms with Gasteiger partial charge in [0.15, 0.2) is 0 Å². The van der Waals surface area contributed by atoms with Gasteiger partial charge < -0.3 is 25.4 Å². The molecule has 0 atom stereocenters. The number of urea groups is 1. The number of amides is 2. The molecule has 0 bridgehead atoms. The fraction of sp³-hybridized carbons (Fsp3) is 0.0833. The van der Waals surface area contributed by atoms with Crippen molar-refractivity contribution in [2.45, 2.75) is 6.54 Å². The van der Waals surface area contributed by atoms with Crippen molar-refractivity contribution in [3.8, 4) is 5.75 Å². The van der Waals surface area contributed by atoms with Gasteiger partial charge >= 0.3 is 12.0 Å². The maximum Gasteiger partial charge on any atom is 0.335 e. The van der Waals surface area contributed by atoms with Gasteiger partial charge in [-0.2, -0.15) is 0 Å². The molecule has 8 heteroatoms. The minimum atomic E-state index is -1.16. The number of phenols is 1. The van der Waals surface area contributed by atoms with Crippen LogP contribution >= 0.6 is 0 Å². The summed E-state index contributed by atoms with van der Waals surface area (Å²) in [7, 11) is 0. The van der Waals surface area contributed by atoms with Gasteiger partial charge in [0.25, 0.3) is 0 Å². The van der Waals surface area contributed by atoms with Gasteiger partial charge in [0.05, 0.1) is 17.8 Å². The molecule has 1 aromatic carbocycles. The Morgan fingerprint density at radius 3 is 2.70 bits per heavy atom. The topological polar surface area (TPSA) is 125 Å². The number of hydrogen-bond acceptors (Lipinski definition) is 5. The first-order chi connectivity index (χ1) is 9.56. The molecule has 0 fully saturated rings. The van der Waals surface area contributed by atoms with Gasteiger partial charge in [-0.25, -0.2) is 9.59 Å². The zero-order valence-electron chi connectivity index (χ0n) is 10.2. The van der Waals surface area contributed by atoms with E-state index in [0.717, 1.165) is 6.07 Å². The maximum atomic E-state index is 11.6. The number of aromatic hydroxyl groups is 1. The molecule has 0 aliphatic heterocycles. The van der Waals surface area contributed by atoms with Gasteiger partial charge in [0.2, 0.25) is 0 Å². The third-order valence-electron chi connectivity index (χ3n) is 2.41. The molecule has 0 unspecified atom stereocenters. The van der Waals surface area contributed by atoms with Crippen molar-refractivity contribution in [3.63, 3.8) is 0 Å². The summed E-state index contributed by atoms with van der Waals surface area (Å²) in [6, 6.07) is 4.66. The highest BCUT2D eigenvalue weighted by Crippen LogP contribution is 2.24. The van der Waals surface area contributed by atoms with Gasteiger partial charge in [0, 0.05) is 6.07 Å². The average molecular weight is 277 g/mol. The van der Waals surface area contributed by atoms with Crippen molar-refractivity contribution in [2.75, 3.05) is 5.32 Å². The molecular formula is C12H11N3O5. The first kappa shape index (κ1) is 13.4. The lowest BCUT2D eigenvalue weighted by molar-refractivity contribution is 0.0696. The molecule has 2 aromatic rings. The lowest BCUT2D eigenvalue weighted by atomic mass is 10.2. The number of nitrogens with one attached hydrogen (secondary N) is 2. The molecule has 2 rings (SSSR count). The van der Waals surface area contributed by atoms with Crippen LogP contribution in [0.25, 0.3) is 0 Å². The van der Waals surface area contributed by atoms with Crippen LogP contribution in [0.5, 0.6) is 5.75 Å². The molecule has 1 aromatic heterocycles. The molecule has 0 saturated heterocycles. The number of carboxylic acid groups (broad SMARTS) is 1. The Morgan fingerprint density at radius 1 is 1.30 bits per heavy atom. The predicted molar refractivity (Wildman–Crippen MR) is 67.4 cm³/mol. The summed E-state index contributed by atoms with van der Waals surface area (Å²) in [5.74, 6) is -1.50. The van der Waals surface area contributed by atoms with E-state index in [1.165, 1.54) is 18.4 Å². The number of hydrogen-bond donors (Lipinski definition) is 4. The first-order valence-electron chi connectivity index (χ1n) is 5.56. The van der Waals surface area contributed by atoms with Crippen LogP contribution in [0.15, 0.2) is 35.1 Å². The zero-order chi connectivity index (χ0) is 14.5. The number of carbonyl (C=O) groups is 2. The van der Waals surface area contributed by atoms with Crippen molar-refractivity contribution in [3.05, 3.63) is 41.8 Å². The van der Waals surface area contributed by atoms with Crippen LogP contribution in [0.3, 0.4) is 0 Å². The number of nitrogens with zero attached hydrogens (tertiary/aromatic N) is 1. The molecule has 8 nitrogen and oxygen atoms in total. The minimum Gasteiger partial charge on any atom is -0.506 e. The highest BCUT2D eigenvalue weighted by atomic mass is 16.5. The van der Waals surface area contributed by atoms with Gasteiger partial charge in [-0.3, -0.25) is 0 Å². The predicted octanol–water partition coefficient (Wildman–Crippen LogP) is 1.40. The first-order valence-corrected chi connectivity index (χ1v) is 5.56. The van der Waals surface area contributed by atoms with Gasteiger partial charge in [0.1, 0.15) is 17.7 Å². The van der Waals surface area contributed by atoms with Crippen LogP contribution in [0.2, 0.25) is 0 Å². The number of benzene rings is 1. The minimum absolute atomic E-state index is 0.0731. The van der Waals surface area contributed by atoms with Crippen LogP contribution in [0.1, 0.15) is 16.1 Å². The zero-order valence-corrected chi connectivity index (χ0v) is 10.2. The molecule has 104 valence electrons. The second kappa shape index (κ2) is 5.74. The Kier molecular flexibility index (Phi) is 3.85. The van der Waals surface area contributed by atoms with Crippen LogP contribution in [-0.2, 0) is 6.54 Å². The number of aromatic carboxylic acids is 1. The number of carboxylic acids is 1. The van der Waals surface area contributed by atoms with E-state index in [1.54, 1.807) is 6.07 Å². The van der Waals surface area contributed by atoms with E-state index in [1.807, 2.05) is 0 Å². The fourth-order valence-electron chi connectivity index (χ4n) is 1.44. The smallest absolute Gasteiger partial charge is 0.335 e. The van der Waals surface area contributed by atoms with Crippen molar-refractivity contribution < 1.29 is 24.3 Å². The number of anilines is 1. The molecule has 0 radical (unpaired) electrons. The molecule has 2 amide bonds. The molecule has 1 heterocycles. The lowest BCUT2D eigenvalue weighted by Crippen LogP contribution is -2.28. The summed E-state index contributed by atoms with van der Waals surface area (Å²) in [5, 5.41) is 26.9. The highest BCUT2D eigenvalue weighted by molar-refractivity contribution is 5.93. The molecular weight excluding hydrogens is 266 g/mol. The molecule has 4 N–H and O–H groups in total. The Morgan fingerprint density at radius 2 is 2.10 bits per heavy atom. The van der Waals surface area contributed by atoms with Crippen molar-refractivity contribution in [2.24, 2.45) is 0 Å². The summed E-state index contributed by atoms with van der Waals surface area (Å²) in [6.45, 7) is 0.163. The Hall–Kier alpha value is -3.03. The second-order valence-electron chi connectivity index (χ2n) is 3.84. The molecule has 0 saturated carbocycles. The van der Waals surface area contributed by atoms with Gasteiger partial charge in [-0.15, -0.1) is 0 Å². The monoisotopic (exact) mass is 277 g/mol. The molecule has 0 spiro atoms. The quantitative estimate of drug-likeness (QED) is 0.626. The van der Waals surface area contributed by atoms with Crippen molar-refractivity contribution in [1.82, 2.24) is 10.5 Å². The summed E-state index contributed by atoms with van der Waals surface area (Å²) >= 11 is 0. The maximum absolute atomic E-state index is 11.6. The van der Waals surface area contributed by atoms with Crippen LogP contribution < -0.4 is 10.6 Å². The number of aromatic nitrogens is 1. The average Bonchev–Trinajstić information content (AvgIpc) is 2.91. The summed E-state index contributed by atoms with van der Waals surface area (Å²) in [5.41, 5.74) is 0.578. The van der Waals surface area contributed by atoms with E-state index in [9.17, 15) is 14.7 Å². The summed E-state index contributed by atoms with van der Waals surface area (Å²) in [6.07, 6.45) is 1.38. The highest BCUT2D eigenvalue weighted by Gasteiger charge is 2.10. The third-order valence-corrected chi connectivity index (χ3v) is 2.41. The number of carbonyl (C=O) groups excluding carboxylic acids is 1. The van der Waals surface area contributed by atoms with E-state index < -0.39 is 12.0 Å². The Balaban J connectivity index is 1.95. The SMILES string of the molecule is O=C(NCc1ccon1)Nc1ccc(C(=O)O)cc1O. The molecule has 0 aliphatic carbocycles. The Labute approximate surface area is 113 Å². The van der Waals surface area contributed by atoms with Crippen LogP contribution in [-0.4, -0.2) is 27.4 Å². The van der Waals surface area contributed by atoms with E-state index in [-0.39, 0.29) is 23.5 Å². The van der Waals surface area contributed by atoms with Crippen molar-refractivity contribution in [1.29, 1.82) is 0 Å². The standard InChI is InChI=1S/C12H11N3O5/c16-10-5-7(11(17)18)1-2-9(10)14-12(19)13-6-8-3-4-20-15-8/h1-5,16H,6H2,(H,17,18)(H2,13,14,19). The molecule has 20 heavy (non-hydrogen) atoms. The second-order valence-corrected chi connectivity index (χ2v) is 3.84. The van der Waals surface area contributed by atoms with Crippen LogP contribution in [0, 0.1) is 0 Å². The fourth-order valence-corrected chi connectivity index (χ4v) is 1.44. The normalized spacial score (nSPS) is 10.0. The summed E-state index contributed by atoms with van der Waals surface area (Å²) in [4.78, 5) is 22.3. The molecule has 0 aliphatic rings. The number of phenolic OH excluding ortho intramolecular Hbond substituents is 1. The third kappa shape index (κ3) is 3.25. The lowest BCUT2D eigenvalue weighted by Gasteiger charge is -2.08. The van der Waals surface area contributed by atoms with E-state index in [0.29, 0.717) is 5.69 Å². The van der Waals surface area contributed by atoms with E-state index in [2.05, 4.69) is 20.3 Å². The van der Waals surface area contributed by atoms with Crippen LogP contribution in [0.4, 0.5) is 10.5 Å². The largest absolute Gasteiger partial charge is 0.506 e. The number of rotatable bonds is 4. The van der Waals surface area contributed by atoms with E-state index >= 15 is 0 Å². The summed E-state index contributed by atoms with van der Waals surface area (Å²) < 4.78 is 4.60. The van der Waals surface area contributed by atoms with Crippen molar-refractivity contribution >= 4 is 17.7 Å². The van der Waals surface area contributed by atoms with Gasteiger partial charge in [-0.05, 0) is 18.2 Å². The Bertz CT molecular complexity index is 624. The van der Waals surface area contributed by atoms with E-state index in [4.69, 9.17) is 5.11 Å².